The second-order valence-electron chi connectivity index (χ2n) is 8.18. The second kappa shape index (κ2) is 9.54. The number of amides is 1. The van der Waals surface area contributed by atoms with Crippen molar-refractivity contribution in [2.75, 3.05) is 5.73 Å². The summed E-state index contributed by atoms with van der Waals surface area (Å²) < 4.78 is 25.7. The van der Waals surface area contributed by atoms with E-state index < -0.39 is 15.9 Å². The molecule has 11 nitrogen and oxygen atoms in total. The third-order valence-corrected chi connectivity index (χ3v) is 6.67. The Morgan fingerprint density at radius 3 is 2.67 bits per heavy atom. The summed E-state index contributed by atoms with van der Waals surface area (Å²) in [6.07, 6.45) is 2.76. The first-order valence-electron chi connectivity index (χ1n) is 10.6. The van der Waals surface area contributed by atoms with Gasteiger partial charge in [0.1, 0.15) is 16.8 Å². The molecule has 0 saturated heterocycles. The monoisotopic (exact) mass is 524 g/mol. The molecule has 0 atom stereocenters. The number of aryl methyl sites for hydroxylation is 2. The Kier molecular flexibility index (Phi) is 6.64. The Labute approximate surface area is 211 Å². The number of pyridine rings is 2. The number of halogens is 1. The van der Waals surface area contributed by atoms with Crippen molar-refractivity contribution in [3.63, 3.8) is 0 Å². The second-order valence-corrected chi connectivity index (χ2v) is 10.1. The molecular weight excluding hydrogens is 504 g/mol. The van der Waals surface area contributed by atoms with Crippen molar-refractivity contribution >= 4 is 44.3 Å². The maximum Gasteiger partial charge on any atom is 0.256 e. The minimum atomic E-state index is -4.09. The van der Waals surface area contributed by atoms with E-state index in [2.05, 4.69) is 20.4 Å². The number of hydrogen-bond donors (Lipinski definition) is 3. The lowest BCUT2D eigenvalue weighted by molar-refractivity contribution is 0.0950. The number of fused-ring (bicyclic) bond motifs is 1. The first kappa shape index (κ1) is 25.1. The lowest BCUT2D eigenvalue weighted by Crippen LogP contribution is -2.24. The normalized spacial score (nSPS) is 11.4. The zero-order chi connectivity index (χ0) is 26.2. The number of hydrogen-bond acceptors (Lipinski definition) is 8. The van der Waals surface area contributed by atoms with Gasteiger partial charge in [-0.25, -0.2) is 18.5 Å². The molecule has 1 amide bonds. The fourth-order valence-electron chi connectivity index (χ4n) is 3.91. The molecule has 1 aromatic carbocycles. The van der Waals surface area contributed by atoms with Crippen molar-refractivity contribution in [2.45, 2.75) is 31.8 Å². The highest BCUT2D eigenvalue weighted by molar-refractivity contribution is 7.89. The Morgan fingerprint density at radius 2 is 2.00 bits per heavy atom. The molecule has 3 heterocycles. The summed E-state index contributed by atoms with van der Waals surface area (Å²) in [6.45, 7) is 3.92. The van der Waals surface area contributed by atoms with Crippen LogP contribution in [0.1, 0.15) is 38.4 Å². The smallest absolute Gasteiger partial charge is 0.256 e. The number of nitrogen functional groups attached to an aromatic ring is 1. The van der Waals surface area contributed by atoms with Crippen molar-refractivity contribution in [1.82, 2.24) is 25.1 Å². The Hall–Kier alpha value is -4.05. The summed E-state index contributed by atoms with van der Waals surface area (Å²) >= 11 is 6.03. The van der Waals surface area contributed by atoms with Gasteiger partial charge in [0.25, 0.3) is 5.91 Å². The van der Waals surface area contributed by atoms with Crippen LogP contribution in [0, 0.1) is 25.2 Å². The third-order valence-electron chi connectivity index (χ3n) is 5.54. The molecule has 3 aromatic heterocycles. The SMILES string of the molecule is Cc1cc(N)nc(C)c1CNC(=O)c1cn(Cc2cc(S(N)(=O)=O)c3ncc(Cl)cc3c2)nc1C#N. The molecule has 0 aliphatic carbocycles. The summed E-state index contributed by atoms with van der Waals surface area (Å²) in [5.41, 5.74) is 8.85. The van der Waals surface area contributed by atoms with Crippen molar-refractivity contribution in [1.29, 1.82) is 5.26 Å². The summed E-state index contributed by atoms with van der Waals surface area (Å²) in [4.78, 5) is 21.0. The van der Waals surface area contributed by atoms with E-state index in [1.165, 1.54) is 23.1 Å². The van der Waals surface area contributed by atoms with Crippen LogP contribution in [0.5, 0.6) is 0 Å². The molecule has 0 unspecified atom stereocenters. The molecule has 0 spiro atoms. The number of anilines is 1. The van der Waals surface area contributed by atoms with E-state index >= 15 is 0 Å². The fourth-order valence-corrected chi connectivity index (χ4v) is 4.84. The number of primary sulfonamides is 1. The van der Waals surface area contributed by atoms with Crippen LogP contribution in [-0.2, 0) is 23.1 Å². The molecule has 4 aromatic rings. The quantitative estimate of drug-likeness (QED) is 0.342. The van der Waals surface area contributed by atoms with Crippen molar-refractivity contribution < 1.29 is 13.2 Å². The predicted octanol–water partition coefficient (Wildman–Crippen LogP) is 2.18. The average molecular weight is 525 g/mol. The Morgan fingerprint density at radius 1 is 1.25 bits per heavy atom. The molecule has 5 N–H and O–H groups in total. The van der Waals surface area contributed by atoms with Crippen LogP contribution in [0.15, 0.2) is 41.6 Å². The predicted molar refractivity (Wildman–Crippen MR) is 133 cm³/mol. The maximum atomic E-state index is 12.9. The minimum absolute atomic E-state index is 0.0625. The van der Waals surface area contributed by atoms with Gasteiger partial charge in [0, 0.05) is 30.0 Å². The van der Waals surface area contributed by atoms with Gasteiger partial charge < -0.3 is 11.1 Å². The van der Waals surface area contributed by atoms with Gasteiger partial charge in [0.05, 0.1) is 22.6 Å². The zero-order valence-corrected chi connectivity index (χ0v) is 20.9. The molecule has 0 aliphatic heterocycles. The van der Waals surface area contributed by atoms with E-state index in [1.54, 1.807) is 25.1 Å². The van der Waals surface area contributed by atoms with Crippen LogP contribution < -0.4 is 16.2 Å². The van der Waals surface area contributed by atoms with Gasteiger partial charge in [-0.05, 0) is 54.8 Å². The van der Waals surface area contributed by atoms with Crippen LogP contribution in [0.3, 0.4) is 0 Å². The number of nitrogens with zero attached hydrogens (tertiary/aromatic N) is 5. The molecule has 4 rings (SSSR count). The third kappa shape index (κ3) is 5.13. The molecule has 36 heavy (non-hydrogen) atoms. The molecule has 0 aliphatic rings. The van der Waals surface area contributed by atoms with Crippen molar-refractivity contribution in [3.8, 4) is 6.07 Å². The van der Waals surface area contributed by atoms with Crippen LogP contribution >= 0.6 is 11.6 Å². The van der Waals surface area contributed by atoms with Gasteiger partial charge in [-0.2, -0.15) is 10.4 Å². The summed E-state index contributed by atoms with van der Waals surface area (Å²) in [7, 11) is -4.09. The number of nitrogens with two attached hydrogens (primary N) is 2. The van der Waals surface area contributed by atoms with Gasteiger partial charge >= 0.3 is 0 Å². The van der Waals surface area contributed by atoms with E-state index in [0.29, 0.717) is 27.5 Å². The molecule has 13 heteroatoms. The van der Waals surface area contributed by atoms with Crippen LogP contribution in [0.25, 0.3) is 10.9 Å². The number of sulfonamides is 1. The van der Waals surface area contributed by atoms with Crippen LogP contribution in [-0.4, -0.2) is 34.1 Å². The van der Waals surface area contributed by atoms with Crippen LogP contribution in [0.4, 0.5) is 5.82 Å². The highest BCUT2D eigenvalue weighted by Gasteiger charge is 2.19. The summed E-state index contributed by atoms with van der Waals surface area (Å²) in [5.74, 6) is -0.0985. The Balaban J connectivity index is 1.63. The van der Waals surface area contributed by atoms with E-state index in [4.69, 9.17) is 22.5 Å². The largest absolute Gasteiger partial charge is 0.384 e. The Bertz CT molecular complexity index is 1650. The lowest BCUT2D eigenvalue weighted by atomic mass is 10.1. The van der Waals surface area contributed by atoms with E-state index in [-0.39, 0.29) is 34.8 Å². The standard InChI is InChI=1S/C23H21ClN8O3S/c1-12-3-21(26)30-13(2)17(12)9-29-23(33)18-11-32(31-19(18)7-25)10-14-4-15-6-16(24)8-28-22(15)20(5-14)36(27,34)35/h3-6,8,11H,9-10H2,1-2H3,(H2,26,30)(H,29,33)(H2,27,34,35). The number of rotatable bonds is 6. The van der Waals surface area contributed by atoms with Crippen molar-refractivity contribution in [2.24, 2.45) is 5.14 Å². The molecule has 0 saturated carbocycles. The van der Waals surface area contributed by atoms with E-state index in [9.17, 15) is 18.5 Å². The van der Waals surface area contributed by atoms with E-state index in [1.807, 2.05) is 13.0 Å². The van der Waals surface area contributed by atoms with Gasteiger partial charge in [-0.3, -0.25) is 14.5 Å². The number of carbonyl (C=O) groups excluding carboxylic acids is 1. The molecule has 0 bridgehead atoms. The first-order valence-corrected chi connectivity index (χ1v) is 12.5. The lowest BCUT2D eigenvalue weighted by Gasteiger charge is -2.11. The first-order chi connectivity index (χ1) is 17.0. The van der Waals surface area contributed by atoms with Crippen LogP contribution in [0.2, 0.25) is 5.02 Å². The number of benzene rings is 1. The topological polar surface area (TPSA) is 183 Å². The van der Waals surface area contributed by atoms with Gasteiger partial charge in [-0.15, -0.1) is 0 Å². The number of carbonyl (C=O) groups is 1. The number of aromatic nitrogens is 4. The summed E-state index contributed by atoms with van der Waals surface area (Å²) in [5, 5.41) is 22.7. The van der Waals surface area contributed by atoms with Gasteiger partial charge in [0.2, 0.25) is 10.0 Å². The minimum Gasteiger partial charge on any atom is -0.384 e. The molecule has 0 radical (unpaired) electrons. The highest BCUT2D eigenvalue weighted by atomic mass is 35.5. The number of nitriles is 1. The zero-order valence-electron chi connectivity index (χ0n) is 19.3. The maximum absolute atomic E-state index is 12.9. The van der Waals surface area contributed by atoms with Gasteiger partial charge in [0.15, 0.2) is 5.69 Å². The molecule has 184 valence electrons. The molecule has 0 fully saturated rings. The fraction of sp³-hybridized carbons (Fsp3) is 0.174. The molecular formula is C23H21ClN8O3S. The highest BCUT2D eigenvalue weighted by Crippen LogP contribution is 2.25. The van der Waals surface area contributed by atoms with Gasteiger partial charge in [-0.1, -0.05) is 11.6 Å². The number of nitrogens with one attached hydrogen (secondary N) is 1. The van der Waals surface area contributed by atoms with Crippen molar-refractivity contribution in [3.05, 3.63) is 75.3 Å². The summed E-state index contributed by atoms with van der Waals surface area (Å²) in [6, 6.07) is 8.28. The van der Waals surface area contributed by atoms with E-state index in [0.717, 1.165) is 11.1 Å². The average Bonchev–Trinajstić information content (AvgIpc) is 3.19.